The van der Waals surface area contributed by atoms with Crippen LogP contribution in [0.1, 0.15) is 29.7 Å². The van der Waals surface area contributed by atoms with E-state index in [0.717, 1.165) is 5.56 Å². The minimum atomic E-state index is -3.52. The molecule has 0 saturated heterocycles. The lowest BCUT2D eigenvalue weighted by Crippen LogP contribution is -2.28. The van der Waals surface area contributed by atoms with Crippen LogP contribution in [0, 0.1) is 0 Å². The summed E-state index contributed by atoms with van der Waals surface area (Å²) in [6.45, 7) is 1.75. The van der Waals surface area contributed by atoms with Gasteiger partial charge in [0.25, 0.3) is 0 Å². The van der Waals surface area contributed by atoms with Gasteiger partial charge in [-0.05, 0) is 12.5 Å². The molecule has 0 fully saturated rings. The summed E-state index contributed by atoms with van der Waals surface area (Å²) in [4.78, 5) is 0.184. The van der Waals surface area contributed by atoms with Gasteiger partial charge < -0.3 is 5.73 Å². The molecule has 2 aromatic rings. The van der Waals surface area contributed by atoms with E-state index >= 15 is 0 Å². The molecule has 112 valence electrons. The summed E-state index contributed by atoms with van der Waals surface area (Å²) >= 11 is 4.94. The average molecular weight is 324 g/mol. The zero-order valence-corrected chi connectivity index (χ0v) is 13.0. The van der Waals surface area contributed by atoms with Gasteiger partial charge in [-0.25, -0.2) is 13.1 Å². The fourth-order valence-corrected chi connectivity index (χ4v) is 3.59. The molecular formula is C13H16N4O2S2. The van der Waals surface area contributed by atoms with E-state index in [1.807, 2.05) is 0 Å². The van der Waals surface area contributed by atoms with Crippen molar-refractivity contribution in [2.45, 2.75) is 18.7 Å². The highest BCUT2D eigenvalue weighted by Gasteiger charge is 2.19. The highest BCUT2D eigenvalue weighted by atomic mass is 32.2. The summed E-state index contributed by atoms with van der Waals surface area (Å²) in [6.07, 6.45) is 3.23. The summed E-state index contributed by atoms with van der Waals surface area (Å²) in [6, 6.07) is 6.58. The summed E-state index contributed by atoms with van der Waals surface area (Å²) in [7, 11) is -3.52. The molecule has 0 aliphatic rings. The molecule has 6 nitrogen and oxygen atoms in total. The Hall–Kier alpha value is -1.77. The average Bonchev–Trinajstić information content (AvgIpc) is 2.91. The fourth-order valence-electron chi connectivity index (χ4n) is 1.97. The zero-order chi connectivity index (χ0) is 15.5. The molecular weight excluding hydrogens is 308 g/mol. The summed E-state index contributed by atoms with van der Waals surface area (Å²) < 4.78 is 27.1. The van der Waals surface area contributed by atoms with Gasteiger partial charge in [-0.1, -0.05) is 36.5 Å². The van der Waals surface area contributed by atoms with Crippen molar-refractivity contribution >= 4 is 27.2 Å². The van der Waals surface area contributed by atoms with E-state index in [-0.39, 0.29) is 16.8 Å². The summed E-state index contributed by atoms with van der Waals surface area (Å²) in [5.74, 6) is -0.178. The van der Waals surface area contributed by atoms with Crippen LogP contribution in [0.2, 0.25) is 0 Å². The smallest absolute Gasteiger partial charge is 0.216 e. The molecule has 21 heavy (non-hydrogen) atoms. The Morgan fingerprint density at radius 2 is 2.19 bits per heavy atom. The second-order valence-corrected chi connectivity index (χ2v) is 6.85. The maximum Gasteiger partial charge on any atom is 0.216 e. The number of nitrogens with zero attached hydrogens (tertiary/aromatic N) is 1. The number of hydrogen-bond acceptors (Lipinski definition) is 4. The maximum absolute atomic E-state index is 12.3. The van der Waals surface area contributed by atoms with E-state index in [1.165, 1.54) is 0 Å². The van der Waals surface area contributed by atoms with E-state index in [2.05, 4.69) is 14.9 Å². The van der Waals surface area contributed by atoms with Gasteiger partial charge in [0.2, 0.25) is 10.0 Å². The number of sulfonamides is 1. The number of aromatic nitrogens is 2. The third-order valence-electron chi connectivity index (χ3n) is 3.00. The van der Waals surface area contributed by atoms with Crippen molar-refractivity contribution in [3.05, 3.63) is 53.3 Å². The lowest BCUT2D eigenvalue weighted by Gasteiger charge is -2.14. The molecule has 0 spiro atoms. The second kappa shape index (κ2) is 6.33. The Labute approximate surface area is 128 Å². The summed E-state index contributed by atoms with van der Waals surface area (Å²) in [5, 5.41) is 6.45. The first-order valence-corrected chi connectivity index (χ1v) is 8.31. The largest absolute Gasteiger partial charge is 0.389 e. The molecule has 0 aliphatic carbocycles. The first-order chi connectivity index (χ1) is 9.89. The van der Waals surface area contributed by atoms with Crippen molar-refractivity contribution in [3.8, 4) is 0 Å². The highest BCUT2D eigenvalue weighted by molar-refractivity contribution is 7.88. The number of hydrogen-bond donors (Lipinski definition) is 3. The van der Waals surface area contributed by atoms with E-state index in [9.17, 15) is 8.42 Å². The fraction of sp³-hybridized carbons (Fsp3) is 0.231. The van der Waals surface area contributed by atoms with Gasteiger partial charge in [-0.3, -0.25) is 5.10 Å². The van der Waals surface area contributed by atoms with Crippen LogP contribution < -0.4 is 10.5 Å². The number of rotatable bonds is 6. The molecule has 1 unspecified atom stereocenters. The van der Waals surface area contributed by atoms with Crippen LogP contribution >= 0.6 is 12.2 Å². The minimum absolute atomic E-state index is 0.178. The topological polar surface area (TPSA) is 101 Å². The van der Waals surface area contributed by atoms with Crippen molar-refractivity contribution in [2.24, 2.45) is 5.73 Å². The van der Waals surface area contributed by atoms with Crippen LogP contribution in [0.3, 0.4) is 0 Å². The van der Waals surface area contributed by atoms with Crippen molar-refractivity contribution < 1.29 is 8.42 Å². The first kappa shape index (κ1) is 15.6. The van der Waals surface area contributed by atoms with Crippen molar-refractivity contribution in [1.82, 2.24) is 14.9 Å². The van der Waals surface area contributed by atoms with Crippen LogP contribution in [0.25, 0.3) is 0 Å². The van der Waals surface area contributed by atoms with Crippen LogP contribution in [0.15, 0.2) is 36.7 Å². The lowest BCUT2D eigenvalue weighted by atomic mass is 10.1. The van der Waals surface area contributed by atoms with E-state index in [1.54, 1.807) is 43.6 Å². The standard InChI is InChI=1S/C13H16N4O2S2/c1-9(11-6-15-16-7-11)17-21(18,19)8-10-4-2-3-5-12(10)13(14)20/h2-7,9,17H,8H2,1H3,(H2,14,20)(H,15,16). The highest BCUT2D eigenvalue weighted by Crippen LogP contribution is 2.15. The molecule has 1 atom stereocenters. The Balaban J connectivity index is 2.17. The molecule has 0 radical (unpaired) electrons. The molecule has 0 amide bonds. The summed E-state index contributed by atoms with van der Waals surface area (Å²) in [5.41, 5.74) is 7.54. The van der Waals surface area contributed by atoms with Gasteiger partial charge in [0, 0.05) is 23.4 Å². The van der Waals surface area contributed by atoms with Gasteiger partial charge in [0.05, 0.1) is 11.9 Å². The Morgan fingerprint density at radius 3 is 2.81 bits per heavy atom. The molecule has 2 rings (SSSR count). The number of benzene rings is 1. The first-order valence-electron chi connectivity index (χ1n) is 6.25. The number of thiocarbonyl (C=S) groups is 1. The predicted octanol–water partition coefficient (Wildman–Crippen LogP) is 1.22. The molecule has 4 N–H and O–H groups in total. The molecule has 0 saturated carbocycles. The number of nitrogens with two attached hydrogens (primary N) is 1. The predicted molar refractivity (Wildman–Crippen MR) is 85.1 cm³/mol. The van der Waals surface area contributed by atoms with E-state index in [4.69, 9.17) is 18.0 Å². The van der Waals surface area contributed by atoms with Gasteiger partial charge in [0.15, 0.2) is 0 Å². The minimum Gasteiger partial charge on any atom is -0.389 e. The van der Waals surface area contributed by atoms with E-state index in [0.29, 0.717) is 11.1 Å². The number of nitrogens with one attached hydrogen (secondary N) is 2. The van der Waals surface area contributed by atoms with Crippen molar-refractivity contribution in [3.63, 3.8) is 0 Å². The van der Waals surface area contributed by atoms with E-state index < -0.39 is 10.0 Å². The molecule has 8 heteroatoms. The van der Waals surface area contributed by atoms with Gasteiger partial charge in [-0.2, -0.15) is 5.10 Å². The molecule has 1 aromatic carbocycles. The van der Waals surface area contributed by atoms with Crippen LogP contribution in [-0.2, 0) is 15.8 Å². The quantitative estimate of drug-likeness (QED) is 0.694. The Bertz CT molecular complexity index is 726. The van der Waals surface area contributed by atoms with Gasteiger partial charge in [0.1, 0.15) is 4.99 Å². The number of H-pyrrole nitrogens is 1. The molecule has 1 heterocycles. The van der Waals surface area contributed by atoms with Gasteiger partial charge in [-0.15, -0.1) is 0 Å². The van der Waals surface area contributed by atoms with Crippen LogP contribution in [0.4, 0.5) is 0 Å². The normalized spacial score (nSPS) is 13.0. The molecule has 0 aliphatic heterocycles. The monoisotopic (exact) mass is 324 g/mol. The van der Waals surface area contributed by atoms with Crippen LogP contribution in [-0.4, -0.2) is 23.6 Å². The Morgan fingerprint density at radius 1 is 1.48 bits per heavy atom. The van der Waals surface area contributed by atoms with Gasteiger partial charge >= 0.3 is 0 Å². The number of aromatic amines is 1. The third kappa shape index (κ3) is 4.10. The maximum atomic E-state index is 12.3. The Kier molecular flexibility index (Phi) is 4.71. The second-order valence-electron chi connectivity index (χ2n) is 4.65. The van der Waals surface area contributed by atoms with Crippen LogP contribution in [0.5, 0.6) is 0 Å². The molecule has 1 aromatic heterocycles. The third-order valence-corrected chi connectivity index (χ3v) is 4.63. The SMILES string of the molecule is CC(NS(=O)(=O)Cc1ccccc1C(N)=S)c1cn[nH]c1. The van der Waals surface area contributed by atoms with Crippen molar-refractivity contribution in [1.29, 1.82) is 0 Å². The lowest BCUT2D eigenvalue weighted by molar-refractivity contribution is 0.566. The zero-order valence-electron chi connectivity index (χ0n) is 11.4. The molecule has 0 bridgehead atoms. The van der Waals surface area contributed by atoms with Crippen molar-refractivity contribution in [2.75, 3.05) is 0 Å².